The van der Waals surface area contributed by atoms with Crippen LogP contribution >= 0.6 is 0 Å². The van der Waals surface area contributed by atoms with Gasteiger partial charge in [0, 0.05) is 12.5 Å². The van der Waals surface area contributed by atoms with Crippen LogP contribution in [0.25, 0.3) is 0 Å². The van der Waals surface area contributed by atoms with Gasteiger partial charge >= 0.3 is 5.97 Å². The molecule has 1 aliphatic carbocycles. The SMILES string of the molecule is C=CC(=O)O[C@@]1(C(=C)C)CC=C(C)CC1. The molecule has 0 aromatic carbocycles. The van der Waals surface area contributed by atoms with Crippen LogP contribution in [-0.4, -0.2) is 11.6 Å². The summed E-state index contributed by atoms with van der Waals surface area (Å²) in [5.41, 5.74) is 1.74. The molecule has 0 aromatic rings. The fourth-order valence-electron chi connectivity index (χ4n) is 1.74. The molecule has 0 N–H and O–H groups in total. The second-order valence-corrected chi connectivity index (χ2v) is 4.15. The van der Waals surface area contributed by atoms with Crippen LogP contribution in [-0.2, 0) is 9.53 Å². The van der Waals surface area contributed by atoms with Crippen molar-refractivity contribution in [2.45, 2.75) is 38.7 Å². The Kier molecular flexibility index (Phi) is 3.51. The smallest absolute Gasteiger partial charge is 0.331 e. The third-order valence-corrected chi connectivity index (χ3v) is 2.94. The molecule has 0 amide bonds. The van der Waals surface area contributed by atoms with Gasteiger partial charge in [-0.05, 0) is 32.3 Å². The van der Waals surface area contributed by atoms with Crippen LogP contribution in [0.1, 0.15) is 33.1 Å². The lowest BCUT2D eigenvalue weighted by atomic mass is 9.81. The minimum Gasteiger partial charge on any atom is -0.451 e. The van der Waals surface area contributed by atoms with E-state index in [1.807, 2.05) is 6.92 Å². The maximum Gasteiger partial charge on any atom is 0.331 e. The molecule has 2 nitrogen and oxygen atoms in total. The number of esters is 1. The van der Waals surface area contributed by atoms with Gasteiger partial charge in [0.05, 0.1) is 0 Å². The van der Waals surface area contributed by atoms with Crippen LogP contribution in [0.2, 0.25) is 0 Å². The summed E-state index contributed by atoms with van der Waals surface area (Å²) in [6.07, 6.45) is 5.83. The highest BCUT2D eigenvalue weighted by Crippen LogP contribution is 2.36. The van der Waals surface area contributed by atoms with Gasteiger partial charge in [-0.2, -0.15) is 0 Å². The van der Waals surface area contributed by atoms with Crippen molar-refractivity contribution in [1.29, 1.82) is 0 Å². The minimum atomic E-state index is -0.509. The predicted octanol–water partition coefficient (Wildman–Crippen LogP) is 3.16. The fraction of sp³-hybridized carbons (Fsp3) is 0.462. The zero-order valence-electron chi connectivity index (χ0n) is 9.51. The molecular weight excluding hydrogens is 188 g/mol. The molecule has 82 valence electrons. The van der Waals surface area contributed by atoms with E-state index in [4.69, 9.17) is 4.74 Å². The fourth-order valence-corrected chi connectivity index (χ4v) is 1.74. The summed E-state index contributed by atoms with van der Waals surface area (Å²) in [4.78, 5) is 11.3. The quantitative estimate of drug-likeness (QED) is 0.403. The Hall–Kier alpha value is -1.31. The van der Waals surface area contributed by atoms with Gasteiger partial charge in [-0.1, -0.05) is 24.8 Å². The molecule has 0 radical (unpaired) electrons. The van der Waals surface area contributed by atoms with Gasteiger partial charge in [-0.15, -0.1) is 0 Å². The molecule has 0 spiro atoms. The van der Waals surface area contributed by atoms with Crippen LogP contribution in [0.15, 0.2) is 36.5 Å². The zero-order chi connectivity index (χ0) is 11.5. The summed E-state index contributed by atoms with van der Waals surface area (Å²) in [5.74, 6) is -0.369. The van der Waals surface area contributed by atoms with Gasteiger partial charge in [0.2, 0.25) is 0 Å². The third kappa shape index (κ3) is 2.58. The molecule has 0 unspecified atom stereocenters. The molecular formula is C13H18O2. The van der Waals surface area contributed by atoms with Crippen LogP contribution in [0.3, 0.4) is 0 Å². The van der Waals surface area contributed by atoms with E-state index in [1.54, 1.807) is 0 Å². The van der Waals surface area contributed by atoms with E-state index in [2.05, 4.69) is 26.2 Å². The van der Waals surface area contributed by atoms with E-state index >= 15 is 0 Å². The predicted molar refractivity (Wildman–Crippen MR) is 61.4 cm³/mol. The number of carbonyl (C=O) groups excluding carboxylic acids is 1. The molecule has 1 rings (SSSR count). The summed E-state index contributed by atoms with van der Waals surface area (Å²) in [5, 5.41) is 0. The van der Waals surface area contributed by atoms with E-state index in [9.17, 15) is 4.79 Å². The number of hydrogen-bond acceptors (Lipinski definition) is 2. The van der Waals surface area contributed by atoms with Gasteiger partial charge in [0.25, 0.3) is 0 Å². The topological polar surface area (TPSA) is 26.3 Å². The van der Waals surface area contributed by atoms with Gasteiger partial charge in [0.1, 0.15) is 5.60 Å². The van der Waals surface area contributed by atoms with Crippen LogP contribution in [0.5, 0.6) is 0 Å². The second kappa shape index (κ2) is 4.47. The average Bonchev–Trinajstić information content (AvgIpc) is 2.21. The Balaban J connectivity index is 2.86. The molecule has 0 aromatic heterocycles. The summed E-state index contributed by atoms with van der Waals surface area (Å²) >= 11 is 0. The van der Waals surface area contributed by atoms with Crippen LogP contribution in [0, 0.1) is 0 Å². The summed E-state index contributed by atoms with van der Waals surface area (Å²) < 4.78 is 5.44. The first-order valence-electron chi connectivity index (χ1n) is 5.17. The van der Waals surface area contributed by atoms with E-state index in [-0.39, 0.29) is 5.97 Å². The molecule has 15 heavy (non-hydrogen) atoms. The third-order valence-electron chi connectivity index (χ3n) is 2.94. The molecule has 1 atom stereocenters. The molecule has 1 aliphatic rings. The first kappa shape index (κ1) is 11.8. The number of hydrogen-bond donors (Lipinski definition) is 0. The number of rotatable bonds is 3. The lowest BCUT2D eigenvalue weighted by Gasteiger charge is -2.36. The Labute approximate surface area is 91.3 Å². The summed E-state index contributed by atoms with van der Waals surface area (Å²) in [7, 11) is 0. The van der Waals surface area contributed by atoms with Gasteiger partial charge in [-0.3, -0.25) is 0 Å². The van der Waals surface area contributed by atoms with Crippen molar-refractivity contribution in [1.82, 2.24) is 0 Å². The van der Waals surface area contributed by atoms with Crippen molar-refractivity contribution < 1.29 is 9.53 Å². The van der Waals surface area contributed by atoms with E-state index in [0.717, 1.165) is 24.8 Å². The van der Waals surface area contributed by atoms with Crippen LogP contribution in [0.4, 0.5) is 0 Å². The molecule has 0 fully saturated rings. The van der Waals surface area contributed by atoms with Crippen LogP contribution < -0.4 is 0 Å². The Bertz CT molecular complexity index is 325. The second-order valence-electron chi connectivity index (χ2n) is 4.15. The minimum absolute atomic E-state index is 0.369. The van der Waals surface area contributed by atoms with E-state index in [0.29, 0.717) is 0 Å². The lowest BCUT2D eigenvalue weighted by Crippen LogP contribution is -2.37. The lowest BCUT2D eigenvalue weighted by molar-refractivity contribution is -0.150. The molecule has 0 bridgehead atoms. The summed E-state index contributed by atoms with van der Waals surface area (Å²) in [6, 6.07) is 0. The van der Waals surface area contributed by atoms with Crippen molar-refractivity contribution in [3.8, 4) is 0 Å². The van der Waals surface area contributed by atoms with Gasteiger partial charge in [0.15, 0.2) is 0 Å². The summed E-state index contributed by atoms with van der Waals surface area (Å²) in [6.45, 7) is 11.3. The Morgan fingerprint density at radius 3 is 2.73 bits per heavy atom. The highest BCUT2D eigenvalue weighted by molar-refractivity contribution is 5.81. The zero-order valence-corrected chi connectivity index (χ0v) is 9.51. The number of allylic oxidation sites excluding steroid dienone is 1. The van der Waals surface area contributed by atoms with E-state index < -0.39 is 5.60 Å². The molecule has 0 aliphatic heterocycles. The largest absolute Gasteiger partial charge is 0.451 e. The first-order chi connectivity index (χ1) is 7.00. The standard InChI is InChI=1S/C13H18O2/c1-5-12(14)15-13(10(2)3)8-6-11(4)7-9-13/h5-6H,1-2,7-9H2,3-4H3/t13-/m0/s1. The monoisotopic (exact) mass is 206 g/mol. The van der Waals surface area contributed by atoms with Crippen molar-refractivity contribution >= 4 is 5.97 Å². The first-order valence-corrected chi connectivity index (χ1v) is 5.17. The maximum absolute atomic E-state index is 11.3. The Morgan fingerprint density at radius 1 is 1.67 bits per heavy atom. The molecule has 0 saturated heterocycles. The van der Waals surface area contributed by atoms with E-state index in [1.165, 1.54) is 11.6 Å². The van der Waals surface area contributed by atoms with Crippen molar-refractivity contribution in [2.24, 2.45) is 0 Å². The maximum atomic E-state index is 11.3. The molecule has 2 heteroatoms. The molecule has 0 saturated carbocycles. The van der Waals surface area contributed by atoms with Gasteiger partial charge < -0.3 is 4.74 Å². The number of carbonyl (C=O) groups is 1. The van der Waals surface area contributed by atoms with Crippen molar-refractivity contribution in [2.75, 3.05) is 0 Å². The van der Waals surface area contributed by atoms with Crippen molar-refractivity contribution in [3.05, 3.63) is 36.5 Å². The Morgan fingerprint density at radius 2 is 2.33 bits per heavy atom. The van der Waals surface area contributed by atoms with Gasteiger partial charge in [-0.25, -0.2) is 4.79 Å². The normalized spacial score (nSPS) is 25.3. The average molecular weight is 206 g/mol. The molecule has 0 heterocycles. The highest BCUT2D eigenvalue weighted by Gasteiger charge is 2.35. The number of ether oxygens (including phenoxy) is 1. The van der Waals surface area contributed by atoms with Crippen molar-refractivity contribution in [3.63, 3.8) is 0 Å². The highest BCUT2D eigenvalue weighted by atomic mass is 16.6.